The summed E-state index contributed by atoms with van der Waals surface area (Å²) < 4.78 is 80.1. The lowest BCUT2D eigenvalue weighted by Gasteiger charge is -2.18. The van der Waals surface area contributed by atoms with E-state index in [9.17, 15) is 26.3 Å². The van der Waals surface area contributed by atoms with Gasteiger partial charge in [0.05, 0.1) is 17.1 Å². The summed E-state index contributed by atoms with van der Waals surface area (Å²) in [6, 6.07) is 0.629. The van der Waals surface area contributed by atoms with Crippen molar-refractivity contribution >= 4 is 15.9 Å². The van der Waals surface area contributed by atoms with Crippen molar-refractivity contribution in [1.29, 1.82) is 0 Å². The smallest absolute Gasteiger partial charge is 0.330 e. The Labute approximate surface area is 119 Å². The molecule has 0 aromatic heterocycles. The molecule has 2 N–H and O–H groups in total. The van der Waals surface area contributed by atoms with Crippen LogP contribution in [0.2, 0.25) is 0 Å². The Hall–Kier alpha value is -0.800. The van der Waals surface area contributed by atoms with E-state index in [-0.39, 0.29) is 4.47 Å². The van der Waals surface area contributed by atoms with Crippen LogP contribution < -0.4 is 5.73 Å². The molecule has 1 rings (SSSR count). The molecular formula is C11H10BrF6NO. The largest absolute Gasteiger partial charge is 0.373 e. The van der Waals surface area contributed by atoms with E-state index in [1.54, 1.807) is 0 Å². The summed E-state index contributed by atoms with van der Waals surface area (Å²) in [5.74, 6) is -6.32. The van der Waals surface area contributed by atoms with E-state index in [0.29, 0.717) is 0 Å². The third kappa shape index (κ3) is 4.10. The molecule has 1 aromatic rings. The molecule has 0 heterocycles. The molecule has 1 aromatic carbocycles. The second kappa shape index (κ2) is 6.77. The van der Waals surface area contributed by atoms with Crippen molar-refractivity contribution in [2.24, 2.45) is 5.73 Å². The van der Waals surface area contributed by atoms with Gasteiger partial charge in [-0.2, -0.15) is 8.78 Å². The number of benzene rings is 1. The lowest BCUT2D eigenvalue weighted by molar-refractivity contribution is -0.166. The standard InChI is InChI=1S/C11H10BrF6NO/c12-5-1-2-6(13)8(9(5)14)7(19)3-20-4-11(17,18)10(15)16/h1-2,7,10H,3-4,19H2. The Kier molecular flexibility index (Phi) is 5.84. The minimum Gasteiger partial charge on any atom is -0.373 e. The van der Waals surface area contributed by atoms with Gasteiger partial charge in [-0.05, 0) is 28.1 Å². The number of nitrogens with two attached hydrogens (primary N) is 1. The van der Waals surface area contributed by atoms with Gasteiger partial charge in [-0.1, -0.05) is 0 Å². The highest BCUT2D eigenvalue weighted by Crippen LogP contribution is 2.27. The normalized spacial score (nSPS) is 13.8. The van der Waals surface area contributed by atoms with Crippen LogP contribution in [0.3, 0.4) is 0 Å². The molecule has 0 saturated heterocycles. The van der Waals surface area contributed by atoms with E-state index < -0.39 is 48.8 Å². The maximum Gasteiger partial charge on any atom is 0.330 e. The van der Waals surface area contributed by atoms with Crippen LogP contribution in [0, 0.1) is 11.6 Å². The van der Waals surface area contributed by atoms with Crippen LogP contribution in [0.5, 0.6) is 0 Å². The van der Waals surface area contributed by atoms with Crippen LogP contribution in [-0.4, -0.2) is 25.6 Å². The van der Waals surface area contributed by atoms with Crippen molar-refractivity contribution in [3.8, 4) is 0 Å². The van der Waals surface area contributed by atoms with Gasteiger partial charge in [-0.3, -0.25) is 0 Å². The molecule has 0 fully saturated rings. The summed E-state index contributed by atoms with van der Waals surface area (Å²) >= 11 is 2.81. The van der Waals surface area contributed by atoms with Crippen molar-refractivity contribution < 1.29 is 31.1 Å². The first-order valence-corrected chi connectivity index (χ1v) is 6.08. The van der Waals surface area contributed by atoms with Gasteiger partial charge in [0.1, 0.15) is 18.2 Å². The molecule has 0 amide bonds. The van der Waals surface area contributed by atoms with E-state index in [1.807, 2.05) is 0 Å². The molecule has 0 bridgehead atoms. The monoisotopic (exact) mass is 365 g/mol. The quantitative estimate of drug-likeness (QED) is 0.616. The first-order valence-electron chi connectivity index (χ1n) is 5.29. The van der Waals surface area contributed by atoms with Crippen LogP contribution in [-0.2, 0) is 4.74 Å². The van der Waals surface area contributed by atoms with Gasteiger partial charge in [0.2, 0.25) is 0 Å². The fourth-order valence-corrected chi connectivity index (χ4v) is 1.70. The lowest BCUT2D eigenvalue weighted by atomic mass is 10.1. The lowest BCUT2D eigenvalue weighted by Crippen LogP contribution is -2.34. The molecule has 2 nitrogen and oxygen atoms in total. The molecular weight excluding hydrogens is 356 g/mol. The average Bonchev–Trinajstić information content (AvgIpc) is 2.34. The molecule has 0 radical (unpaired) electrons. The van der Waals surface area contributed by atoms with Crippen molar-refractivity contribution in [2.75, 3.05) is 13.2 Å². The van der Waals surface area contributed by atoms with Gasteiger partial charge >= 0.3 is 12.3 Å². The minimum absolute atomic E-state index is 0.0674. The SMILES string of the molecule is NC(COCC(F)(F)C(F)F)c1c(F)ccc(Br)c1F. The molecule has 0 aliphatic carbocycles. The summed E-state index contributed by atoms with van der Waals surface area (Å²) in [7, 11) is 0. The molecule has 1 atom stereocenters. The number of hydrogen-bond acceptors (Lipinski definition) is 2. The summed E-state index contributed by atoms with van der Waals surface area (Å²) in [5.41, 5.74) is 4.84. The van der Waals surface area contributed by atoms with Gasteiger partial charge < -0.3 is 10.5 Å². The van der Waals surface area contributed by atoms with Gasteiger partial charge in [0.25, 0.3) is 0 Å². The second-order valence-electron chi connectivity index (χ2n) is 3.94. The Morgan fingerprint density at radius 1 is 1.25 bits per heavy atom. The fourth-order valence-electron chi connectivity index (χ4n) is 1.35. The van der Waals surface area contributed by atoms with Crippen molar-refractivity contribution in [1.82, 2.24) is 0 Å². The number of ether oxygens (including phenoxy) is 1. The van der Waals surface area contributed by atoms with Gasteiger partial charge in [-0.25, -0.2) is 17.6 Å². The second-order valence-corrected chi connectivity index (χ2v) is 4.79. The zero-order valence-electron chi connectivity index (χ0n) is 9.85. The number of rotatable bonds is 6. The van der Waals surface area contributed by atoms with E-state index in [1.165, 1.54) is 0 Å². The van der Waals surface area contributed by atoms with Crippen molar-refractivity contribution in [2.45, 2.75) is 18.4 Å². The first-order chi connectivity index (χ1) is 9.16. The van der Waals surface area contributed by atoms with Crippen molar-refractivity contribution in [3.63, 3.8) is 0 Å². The van der Waals surface area contributed by atoms with Crippen LogP contribution in [0.25, 0.3) is 0 Å². The van der Waals surface area contributed by atoms with E-state index >= 15 is 0 Å². The third-order valence-corrected chi connectivity index (χ3v) is 2.97. The average molecular weight is 366 g/mol. The zero-order chi connectivity index (χ0) is 15.5. The van der Waals surface area contributed by atoms with Crippen LogP contribution in [0.15, 0.2) is 16.6 Å². The summed E-state index contributed by atoms with van der Waals surface area (Å²) in [6.45, 7) is -2.32. The molecule has 0 aliphatic heterocycles. The van der Waals surface area contributed by atoms with Crippen LogP contribution >= 0.6 is 15.9 Å². The zero-order valence-corrected chi connectivity index (χ0v) is 11.4. The highest BCUT2D eigenvalue weighted by molar-refractivity contribution is 9.10. The maximum absolute atomic E-state index is 13.6. The Balaban J connectivity index is 2.69. The van der Waals surface area contributed by atoms with E-state index in [2.05, 4.69) is 20.7 Å². The van der Waals surface area contributed by atoms with Crippen LogP contribution in [0.4, 0.5) is 26.3 Å². The predicted molar refractivity (Wildman–Crippen MR) is 62.8 cm³/mol. The van der Waals surface area contributed by atoms with E-state index in [4.69, 9.17) is 5.73 Å². The molecule has 20 heavy (non-hydrogen) atoms. The van der Waals surface area contributed by atoms with Crippen molar-refractivity contribution in [3.05, 3.63) is 33.8 Å². The Morgan fingerprint density at radius 3 is 2.40 bits per heavy atom. The fraction of sp³-hybridized carbons (Fsp3) is 0.455. The summed E-state index contributed by atoms with van der Waals surface area (Å²) in [5, 5.41) is 0. The molecule has 114 valence electrons. The number of halogens is 7. The molecule has 9 heteroatoms. The molecule has 1 unspecified atom stereocenters. The minimum atomic E-state index is -4.34. The Morgan fingerprint density at radius 2 is 1.85 bits per heavy atom. The summed E-state index contributed by atoms with van der Waals surface area (Å²) in [4.78, 5) is 0. The Bertz CT molecular complexity index is 470. The van der Waals surface area contributed by atoms with Gasteiger partial charge in [0, 0.05) is 5.56 Å². The third-order valence-electron chi connectivity index (χ3n) is 2.36. The first kappa shape index (κ1) is 17.3. The summed E-state index contributed by atoms with van der Waals surface area (Å²) in [6.07, 6.45) is -3.89. The highest BCUT2D eigenvalue weighted by Gasteiger charge is 2.41. The number of hydrogen-bond donors (Lipinski definition) is 1. The van der Waals surface area contributed by atoms with E-state index in [0.717, 1.165) is 12.1 Å². The highest BCUT2D eigenvalue weighted by atomic mass is 79.9. The molecule has 0 spiro atoms. The predicted octanol–water partition coefficient (Wildman–Crippen LogP) is 3.64. The molecule has 0 aliphatic rings. The van der Waals surface area contributed by atoms with Gasteiger partial charge in [0.15, 0.2) is 0 Å². The number of alkyl halides is 4. The molecule has 0 saturated carbocycles. The maximum atomic E-state index is 13.6. The van der Waals surface area contributed by atoms with Gasteiger partial charge in [-0.15, -0.1) is 0 Å². The topological polar surface area (TPSA) is 35.2 Å². The van der Waals surface area contributed by atoms with Crippen LogP contribution in [0.1, 0.15) is 11.6 Å².